The van der Waals surface area contributed by atoms with Crippen molar-refractivity contribution in [3.05, 3.63) is 58.9 Å². The predicted molar refractivity (Wildman–Crippen MR) is 128 cm³/mol. The van der Waals surface area contributed by atoms with Crippen molar-refractivity contribution in [2.75, 3.05) is 20.1 Å². The molecule has 1 aromatic carbocycles. The van der Waals surface area contributed by atoms with Crippen LogP contribution in [0.25, 0.3) is 0 Å². The number of benzene rings is 1. The fourth-order valence-electron chi connectivity index (χ4n) is 3.32. The van der Waals surface area contributed by atoms with E-state index in [2.05, 4.69) is 43.6 Å². The maximum absolute atomic E-state index is 12.1. The molecule has 1 unspecified atom stereocenters. The summed E-state index contributed by atoms with van der Waals surface area (Å²) in [5.74, 6) is 0.182. The number of hydrogen-bond acceptors (Lipinski definition) is 5. The number of aromatic nitrogens is 1. The van der Waals surface area contributed by atoms with Crippen molar-refractivity contribution in [1.29, 1.82) is 0 Å². The second-order valence-electron chi connectivity index (χ2n) is 8.34. The molecule has 1 aliphatic heterocycles. The van der Waals surface area contributed by atoms with Gasteiger partial charge in [0.15, 0.2) is 0 Å². The number of aliphatic imine (C=N–C) groups is 1. The molecule has 0 bridgehead atoms. The highest BCUT2D eigenvalue weighted by Crippen LogP contribution is 2.31. The largest absolute Gasteiger partial charge is 0.573 e. The third-order valence-corrected chi connectivity index (χ3v) is 5.24. The Labute approximate surface area is 203 Å². The fraction of sp³-hybridized carbons (Fsp3) is 0.478. The Morgan fingerprint density at radius 2 is 2.12 bits per heavy atom. The van der Waals surface area contributed by atoms with Gasteiger partial charge in [0.2, 0.25) is 5.96 Å². The molecule has 0 spiro atoms. The summed E-state index contributed by atoms with van der Waals surface area (Å²) in [5.41, 5.74) is 13.1. The maximum Gasteiger partial charge on any atom is 0.573 e. The monoisotopic (exact) mass is 500 g/mol. The zero-order chi connectivity index (χ0) is 25.1. The lowest BCUT2D eigenvalue weighted by Crippen LogP contribution is -2.42. The second kappa shape index (κ2) is 13.4. The molecule has 2 aromatic rings. The number of nitrogens with zero attached hydrogens (tertiary/aromatic N) is 3. The van der Waals surface area contributed by atoms with Gasteiger partial charge in [-0.25, -0.2) is 5.43 Å². The summed E-state index contributed by atoms with van der Waals surface area (Å²) in [6.45, 7) is 6.13. The summed E-state index contributed by atoms with van der Waals surface area (Å²) >= 11 is 5.74. The minimum absolute atomic E-state index is 0.127. The number of likely N-dealkylation sites (tertiary alicyclic amines) is 1. The number of guanidine groups is 1. The molecule has 1 atom stereocenters. The number of rotatable bonds is 7. The molecular weight excluding hydrogens is 469 g/mol. The summed E-state index contributed by atoms with van der Waals surface area (Å²) < 4.78 is 40.1. The van der Waals surface area contributed by atoms with Crippen LogP contribution in [0.3, 0.4) is 0 Å². The molecule has 0 aliphatic carbocycles. The molecule has 0 saturated carbocycles. The molecule has 1 aromatic heterocycles. The molecule has 11 heteroatoms. The van der Waals surface area contributed by atoms with Crippen molar-refractivity contribution in [2.24, 2.45) is 16.6 Å². The van der Waals surface area contributed by atoms with Gasteiger partial charge < -0.3 is 10.5 Å². The van der Waals surface area contributed by atoms with Crippen molar-refractivity contribution < 1.29 is 17.9 Å². The molecule has 34 heavy (non-hydrogen) atoms. The van der Waals surface area contributed by atoms with Gasteiger partial charge in [-0.3, -0.25) is 20.3 Å². The molecule has 188 valence electrons. The standard InChI is InChI=1S/C13H18ClF3N4O.C10H14N2/c1-8(2)6-19-12(18)21-20-7-9-3-4-11(10(14)5-9)22-13(15,16)17;1-12-7-3-5-10(12)9-4-2-6-11-8-9/h3-5,8,20H,6-7H2,1-2H3,(H3,18,19,21);2,4,6,8,10H,3,5,7H2,1H3. The lowest BCUT2D eigenvalue weighted by Gasteiger charge is -2.18. The highest BCUT2D eigenvalue weighted by atomic mass is 35.5. The van der Waals surface area contributed by atoms with E-state index >= 15 is 0 Å². The first-order valence-corrected chi connectivity index (χ1v) is 11.4. The quantitative estimate of drug-likeness (QED) is 0.291. The number of ether oxygens (including phenoxy) is 1. The summed E-state index contributed by atoms with van der Waals surface area (Å²) in [7, 11) is 2.19. The Hall–Kier alpha value is -2.56. The average Bonchev–Trinajstić information content (AvgIpc) is 3.20. The first kappa shape index (κ1) is 27.7. The Morgan fingerprint density at radius 1 is 1.35 bits per heavy atom. The van der Waals surface area contributed by atoms with Crippen LogP contribution in [0.4, 0.5) is 13.2 Å². The van der Waals surface area contributed by atoms with Crippen LogP contribution in [-0.4, -0.2) is 42.3 Å². The van der Waals surface area contributed by atoms with E-state index in [4.69, 9.17) is 17.3 Å². The van der Waals surface area contributed by atoms with E-state index in [0.717, 1.165) is 6.07 Å². The lowest BCUT2D eigenvalue weighted by molar-refractivity contribution is -0.274. The van der Waals surface area contributed by atoms with Gasteiger partial charge in [-0.1, -0.05) is 37.6 Å². The van der Waals surface area contributed by atoms with Crippen LogP contribution in [0, 0.1) is 5.92 Å². The molecule has 0 radical (unpaired) electrons. The minimum atomic E-state index is -4.77. The molecule has 1 fully saturated rings. The highest BCUT2D eigenvalue weighted by Gasteiger charge is 2.32. The van der Waals surface area contributed by atoms with Gasteiger partial charge in [0, 0.05) is 31.5 Å². The van der Waals surface area contributed by atoms with Gasteiger partial charge in [-0.15, -0.1) is 13.2 Å². The fourth-order valence-corrected chi connectivity index (χ4v) is 3.57. The second-order valence-corrected chi connectivity index (χ2v) is 8.74. The number of hydrazine groups is 1. The molecule has 7 nitrogen and oxygen atoms in total. The smallest absolute Gasteiger partial charge is 0.404 e. The highest BCUT2D eigenvalue weighted by molar-refractivity contribution is 6.32. The van der Waals surface area contributed by atoms with E-state index in [9.17, 15) is 13.2 Å². The number of halogens is 4. The summed E-state index contributed by atoms with van der Waals surface area (Å²) in [6.07, 6.45) is 1.63. The minimum Gasteiger partial charge on any atom is -0.404 e. The SMILES string of the molecule is CC(C)CN=C(N)NNCc1ccc(OC(F)(F)F)c(Cl)c1.CN1CCCC1c1cccnc1. The van der Waals surface area contributed by atoms with E-state index in [1.807, 2.05) is 32.3 Å². The molecule has 1 aliphatic rings. The zero-order valence-electron chi connectivity index (χ0n) is 19.6. The zero-order valence-corrected chi connectivity index (χ0v) is 20.3. The molecular formula is C23H32ClF3N6O. The number of alkyl halides is 3. The average molecular weight is 501 g/mol. The summed E-state index contributed by atoms with van der Waals surface area (Å²) in [6, 6.07) is 8.78. The van der Waals surface area contributed by atoms with Crippen molar-refractivity contribution in [3.8, 4) is 5.75 Å². The van der Waals surface area contributed by atoms with Crippen molar-refractivity contribution in [2.45, 2.75) is 45.6 Å². The number of hydrogen-bond donors (Lipinski definition) is 3. The van der Waals surface area contributed by atoms with Gasteiger partial charge in [0.05, 0.1) is 5.02 Å². The van der Waals surface area contributed by atoms with E-state index in [-0.39, 0.29) is 11.0 Å². The summed E-state index contributed by atoms with van der Waals surface area (Å²) in [5, 5.41) is -0.127. The Balaban J connectivity index is 0.000000283. The number of pyridine rings is 1. The molecule has 3 rings (SSSR count). The van der Waals surface area contributed by atoms with E-state index in [0.29, 0.717) is 30.6 Å². The van der Waals surface area contributed by atoms with Crippen molar-refractivity contribution in [3.63, 3.8) is 0 Å². The Kier molecular flexibility index (Phi) is 10.9. The maximum atomic E-state index is 12.1. The van der Waals surface area contributed by atoms with Crippen molar-refractivity contribution in [1.82, 2.24) is 20.7 Å². The van der Waals surface area contributed by atoms with Crippen LogP contribution >= 0.6 is 11.6 Å². The van der Waals surface area contributed by atoms with Gasteiger partial charge in [0.25, 0.3) is 0 Å². The first-order valence-electron chi connectivity index (χ1n) is 11.0. The summed E-state index contributed by atoms with van der Waals surface area (Å²) in [4.78, 5) is 10.6. The van der Waals surface area contributed by atoms with Crippen LogP contribution in [0.15, 0.2) is 47.7 Å². The predicted octanol–water partition coefficient (Wildman–Crippen LogP) is 4.65. The van der Waals surface area contributed by atoms with Crippen molar-refractivity contribution >= 4 is 17.6 Å². The number of nitrogens with one attached hydrogen (secondary N) is 2. The third kappa shape index (κ3) is 10.1. The van der Waals surface area contributed by atoms with Crippen LogP contribution in [-0.2, 0) is 6.54 Å². The van der Waals surface area contributed by atoms with Gasteiger partial charge in [0.1, 0.15) is 5.75 Å². The molecule has 4 N–H and O–H groups in total. The van der Waals surface area contributed by atoms with E-state index < -0.39 is 12.1 Å². The van der Waals surface area contributed by atoms with Gasteiger partial charge >= 0.3 is 6.36 Å². The van der Waals surface area contributed by atoms with E-state index in [1.165, 1.54) is 37.1 Å². The first-order chi connectivity index (χ1) is 16.0. The molecule has 0 amide bonds. The normalized spacial score (nSPS) is 16.8. The third-order valence-electron chi connectivity index (χ3n) is 4.95. The topological polar surface area (TPSA) is 87.8 Å². The van der Waals surface area contributed by atoms with Crippen LogP contribution < -0.4 is 21.3 Å². The Morgan fingerprint density at radius 3 is 2.68 bits per heavy atom. The number of nitrogens with two attached hydrogens (primary N) is 1. The Bertz CT molecular complexity index is 911. The van der Waals surface area contributed by atoms with Crippen LogP contribution in [0.5, 0.6) is 5.75 Å². The van der Waals surface area contributed by atoms with E-state index in [1.54, 1.807) is 0 Å². The lowest BCUT2D eigenvalue weighted by atomic mass is 10.1. The van der Waals surface area contributed by atoms with Crippen LogP contribution in [0.1, 0.15) is 43.9 Å². The van der Waals surface area contributed by atoms with Crippen LogP contribution in [0.2, 0.25) is 5.02 Å². The van der Waals surface area contributed by atoms with Gasteiger partial charge in [-0.05, 0) is 61.7 Å². The molecule has 2 heterocycles. The molecule has 1 saturated heterocycles. The van der Waals surface area contributed by atoms with Gasteiger partial charge in [-0.2, -0.15) is 0 Å².